The number of H-pyrrole nitrogens is 1. The van der Waals surface area contributed by atoms with E-state index in [-0.39, 0.29) is 11.9 Å². The Kier molecular flexibility index (Phi) is 5.45. The molecule has 1 aromatic heterocycles. The second kappa shape index (κ2) is 8.52. The first-order chi connectivity index (χ1) is 14.8. The van der Waals surface area contributed by atoms with Crippen LogP contribution in [0.3, 0.4) is 0 Å². The fourth-order valence-corrected chi connectivity index (χ4v) is 4.49. The number of rotatable bonds is 3. The zero-order valence-corrected chi connectivity index (χ0v) is 17.1. The summed E-state index contributed by atoms with van der Waals surface area (Å²) in [7, 11) is 0. The molecule has 1 N–H and O–H groups in total. The van der Waals surface area contributed by atoms with E-state index in [1.54, 1.807) is 0 Å². The number of morpholine rings is 1. The molecule has 1 aromatic carbocycles. The van der Waals surface area contributed by atoms with Crippen LogP contribution in [-0.4, -0.2) is 56.9 Å². The van der Waals surface area contributed by atoms with Gasteiger partial charge in [-0.1, -0.05) is 6.07 Å². The van der Waals surface area contributed by atoms with Crippen molar-refractivity contribution < 1.29 is 24.0 Å². The number of carbonyl (C=O) groups excluding carboxylic acids is 1. The Morgan fingerprint density at radius 2 is 1.77 bits per heavy atom. The maximum absolute atomic E-state index is 13.4. The predicted molar refractivity (Wildman–Crippen MR) is 111 cm³/mol. The van der Waals surface area contributed by atoms with E-state index in [0.717, 1.165) is 74.9 Å². The number of hydrogen-bond acceptors (Lipinski definition) is 5. The molecular weight excluding hydrogens is 382 g/mol. The van der Waals surface area contributed by atoms with Gasteiger partial charge in [0, 0.05) is 43.9 Å². The van der Waals surface area contributed by atoms with Crippen molar-refractivity contribution in [1.29, 1.82) is 0 Å². The van der Waals surface area contributed by atoms with Gasteiger partial charge in [0.2, 0.25) is 0 Å². The SMILES string of the molecule is O=C(c1cc(N2CCOCC2)cc[nH+]1)N1CCC[C@H]1c1ccc2c(c1)OCCCO2. The van der Waals surface area contributed by atoms with Gasteiger partial charge >= 0.3 is 5.91 Å². The molecule has 7 nitrogen and oxygen atoms in total. The molecule has 3 aliphatic heterocycles. The molecule has 4 heterocycles. The Balaban J connectivity index is 1.37. The van der Waals surface area contributed by atoms with Gasteiger partial charge in [-0.15, -0.1) is 0 Å². The van der Waals surface area contributed by atoms with Crippen LogP contribution in [0.5, 0.6) is 11.5 Å². The molecule has 2 aromatic rings. The van der Waals surface area contributed by atoms with E-state index < -0.39 is 0 Å². The lowest BCUT2D eigenvalue weighted by Gasteiger charge is -2.28. The number of amides is 1. The van der Waals surface area contributed by atoms with Crippen molar-refractivity contribution >= 4 is 11.6 Å². The molecule has 2 fully saturated rings. The van der Waals surface area contributed by atoms with E-state index >= 15 is 0 Å². The third kappa shape index (κ3) is 3.81. The molecule has 0 spiro atoms. The Labute approximate surface area is 176 Å². The first-order valence-corrected chi connectivity index (χ1v) is 10.8. The predicted octanol–water partition coefficient (Wildman–Crippen LogP) is 2.48. The lowest BCUT2D eigenvalue weighted by atomic mass is 10.0. The molecule has 30 heavy (non-hydrogen) atoms. The lowest BCUT2D eigenvalue weighted by Crippen LogP contribution is -2.38. The molecule has 1 amide bonds. The molecule has 5 rings (SSSR count). The molecule has 3 aliphatic rings. The van der Waals surface area contributed by atoms with Gasteiger partial charge in [-0.3, -0.25) is 4.79 Å². The highest BCUT2D eigenvalue weighted by molar-refractivity contribution is 5.92. The van der Waals surface area contributed by atoms with E-state index in [2.05, 4.69) is 16.0 Å². The molecule has 7 heteroatoms. The van der Waals surface area contributed by atoms with Crippen LogP contribution < -0.4 is 19.4 Å². The summed E-state index contributed by atoms with van der Waals surface area (Å²) in [6.45, 7) is 5.24. The van der Waals surface area contributed by atoms with Crippen molar-refractivity contribution in [3.8, 4) is 11.5 Å². The van der Waals surface area contributed by atoms with Gasteiger partial charge in [0.05, 0.1) is 32.5 Å². The maximum Gasteiger partial charge on any atom is 0.319 e. The van der Waals surface area contributed by atoms with Gasteiger partial charge in [0.1, 0.15) is 0 Å². The monoisotopic (exact) mass is 410 g/mol. The molecule has 0 radical (unpaired) electrons. The van der Waals surface area contributed by atoms with Gasteiger partial charge in [-0.05, 0) is 30.5 Å². The minimum Gasteiger partial charge on any atom is -0.490 e. The van der Waals surface area contributed by atoms with Crippen LogP contribution >= 0.6 is 0 Å². The molecule has 0 aliphatic carbocycles. The van der Waals surface area contributed by atoms with E-state index in [4.69, 9.17) is 14.2 Å². The molecule has 0 saturated carbocycles. The number of likely N-dealkylation sites (tertiary alicyclic amines) is 1. The van der Waals surface area contributed by atoms with Crippen LogP contribution in [0.15, 0.2) is 36.5 Å². The number of nitrogens with one attached hydrogen (secondary N) is 1. The van der Waals surface area contributed by atoms with Gasteiger partial charge in [0.15, 0.2) is 17.7 Å². The summed E-state index contributed by atoms with van der Waals surface area (Å²) >= 11 is 0. The average Bonchev–Trinajstić information content (AvgIpc) is 3.18. The molecule has 1 atom stereocenters. The molecule has 0 bridgehead atoms. The number of anilines is 1. The first kappa shape index (κ1) is 19.2. The van der Waals surface area contributed by atoms with E-state index in [1.165, 1.54) is 0 Å². The van der Waals surface area contributed by atoms with Crippen LogP contribution in [0.2, 0.25) is 0 Å². The zero-order valence-electron chi connectivity index (χ0n) is 17.1. The fourth-order valence-electron chi connectivity index (χ4n) is 4.49. The van der Waals surface area contributed by atoms with Crippen LogP contribution in [0.1, 0.15) is 41.4 Å². The number of benzene rings is 1. The fraction of sp³-hybridized carbons (Fsp3) is 0.478. The molecular formula is C23H28N3O4+. The summed E-state index contributed by atoms with van der Waals surface area (Å²) in [5, 5.41) is 0. The summed E-state index contributed by atoms with van der Waals surface area (Å²) in [6, 6.07) is 10.1. The second-order valence-electron chi connectivity index (χ2n) is 7.97. The lowest BCUT2D eigenvalue weighted by molar-refractivity contribution is -0.382. The van der Waals surface area contributed by atoms with Crippen molar-refractivity contribution in [1.82, 2.24) is 4.90 Å². The van der Waals surface area contributed by atoms with E-state index in [9.17, 15) is 4.79 Å². The minimum atomic E-state index is 0.0414. The van der Waals surface area contributed by atoms with Gasteiger partial charge < -0.3 is 24.0 Å². The number of aromatic nitrogens is 1. The summed E-state index contributed by atoms with van der Waals surface area (Å²) in [6.07, 6.45) is 4.69. The summed E-state index contributed by atoms with van der Waals surface area (Å²) in [5.74, 6) is 1.61. The van der Waals surface area contributed by atoms with Crippen molar-refractivity contribution in [2.75, 3.05) is 51.0 Å². The van der Waals surface area contributed by atoms with Crippen molar-refractivity contribution in [3.63, 3.8) is 0 Å². The Bertz CT molecular complexity index is 913. The number of carbonyl (C=O) groups is 1. The van der Waals surface area contributed by atoms with Crippen LogP contribution in [0.25, 0.3) is 0 Å². The standard InChI is InChI=1S/C23H27N3O4/c27-23(19-16-18(6-7-24-19)25-9-13-28-14-10-25)26-8-1-3-20(26)17-4-5-21-22(15-17)30-12-2-11-29-21/h4-7,15-16,20H,1-3,8-14H2/p+1/t20-/m0/s1. The molecule has 158 valence electrons. The number of aromatic amines is 1. The van der Waals surface area contributed by atoms with Crippen molar-refractivity contribution in [2.45, 2.75) is 25.3 Å². The van der Waals surface area contributed by atoms with Crippen LogP contribution in [0, 0.1) is 0 Å². The highest BCUT2D eigenvalue weighted by Crippen LogP contribution is 2.38. The smallest absolute Gasteiger partial charge is 0.319 e. The topological polar surface area (TPSA) is 65.4 Å². The number of nitrogens with zero attached hydrogens (tertiary/aromatic N) is 2. The number of fused-ring (bicyclic) bond motifs is 1. The first-order valence-electron chi connectivity index (χ1n) is 10.8. The van der Waals surface area contributed by atoms with E-state index in [0.29, 0.717) is 18.9 Å². The average molecular weight is 410 g/mol. The third-order valence-electron chi connectivity index (χ3n) is 6.06. The Hall–Kier alpha value is -2.80. The molecule has 0 unspecified atom stereocenters. The van der Waals surface area contributed by atoms with Crippen molar-refractivity contribution in [3.05, 3.63) is 47.8 Å². The summed E-state index contributed by atoms with van der Waals surface area (Å²) in [5.41, 5.74) is 2.79. The maximum atomic E-state index is 13.4. The minimum absolute atomic E-state index is 0.0414. The van der Waals surface area contributed by atoms with Gasteiger partial charge in [-0.2, -0.15) is 0 Å². The quantitative estimate of drug-likeness (QED) is 0.778. The molecule has 2 saturated heterocycles. The zero-order chi connectivity index (χ0) is 20.3. The second-order valence-corrected chi connectivity index (χ2v) is 7.97. The number of ether oxygens (including phenoxy) is 3. The van der Waals surface area contributed by atoms with Gasteiger partial charge in [-0.25, -0.2) is 4.98 Å². The van der Waals surface area contributed by atoms with Crippen molar-refractivity contribution in [2.24, 2.45) is 0 Å². The third-order valence-corrected chi connectivity index (χ3v) is 6.06. The Morgan fingerprint density at radius 3 is 2.63 bits per heavy atom. The largest absolute Gasteiger partial charge is 0.490 e. The van der Waals surface area contributed by atoms with Crippen LogP contribution in [0.4, 0.5) is 5.69 Å². The van der Waals surface area contributed by atoms with E-state index in [1.807, 2.05) is 35.4 Å². The normalized spacial score (nSPS) is 21.4. The number of hydrogen-bond donors (Lipinski definition) is 0. The van der Waals surface area contributed by atoms with Crippen LogP contribution in [-0.2, 0) is 4.74 Å². The number of pyridine rings is 1. The summed E-state index contributed by atoms with van der Waals surface area (Å²) in [4.78, 5) is 20.8. The Morgan fingerprint density at radius 1 is 0.933 bits per heavy atom. The highest BCUT2D eigenvalue weighted by Gasteiger charge is 2.34. The summed E-state index contributed by atoms with van der Waals surface area (Å²) < 4.78 is 17.1. The van der Waals surface area contributed by atoms with Gasteiger partial charge in [0.25, 0.3) is 5.69 Å². The highest BCUT2D eigenvalue weighted by atomic mass is 16.5.